The number of carbonyl (C=O) groups excluding carboxylic acids is 1. The van der Waals surface area contributed by atoms with E-state index in [1.165, 1.54) is 0 Å². The van der Waals surface area contributed by atoms with Crippen molar-refractivity contribution in [3.8, 4) is 5.75 Å². The quantitative estimate of drug-likeness (QED) is 0.496. The molecule has 0 heterocycles. The third-order valence-corrected chi connectivity index (χ3v) is 2.41. The van der Waals surface area contributed by atoms with Crippen LogP contribution < -0.4 is 5.73 Å². The standard InChI is InChI=1S/C9H9ClN2O5.ClH/c1-17-9(14)7(11)6-5(12(15)16)3-2-4(10)8(6)13;/h2-3,7,13H,11H2,1H3;1H/t7-;/m0./s1. The lowest BCUT2D eigenvalue weighted by atomic mass is 10.0. The number of phenolic OH excluding ortho intramolecular Hbond substituents is 1. The topological polar surface area (TPSA) is 116 Å². The first-order valence-electron chi connectivity index (χ1n) is 4.39. The first-order valence-corrected chi connectivity index (χ1v) is 4.77. The van der Waals surface area contributed by atoms with Crippen molar-refractivity contribution in [2.24, 2.45) is 5.73 Å². The van der Waals surface area contributed by atoms with E-state index in [9.17, 15) is 20.0 Å². The van der Waals surface area contributed by atoms with Gasteiger partial charge in [-0.2, -0.15) is 0 Å². The number of phenols is 1. The van der Waals surface area contributed by atoms with E-state index < -0.39 is 28.4 Å². The molecule has 0 saturated heterocycles. The number of esters is 1. The summed E-state index contributed by atoms with van der Waals surface area (Å²) in [6.07, 6.45) is 0. The lowest BCUT2D eigenvalue weighted by Crippen LogP contribution is -2.23. The second-order valence-electron chi connectivity index (χ2n) is 3.09. The van der Waals surface area contributed by atoms with E-state index in [4.69, 9.17) is 17.3 Å². The lowest BCUT2D eigenvalue weighted by Gasteiger charge is -2.12. The molecule has 0 aliphatic heterocycles. The molecule has 100 valence electrons. The highest BCUT2D eigenvalue weighted by Gasteiger charge is 2.30. The smallest absolute Gasteiger partial charge is 0.327 e. The Morgan fingerprint density at radius 1 is 1.61 bits per heavy atom. The van der Waals surface area contributed by atoms with Crippen molar-refractivity contribution < 1.29 is 19.6 Å². The van der Waals surface area contributed by atoms with Gasteiger partial charge in [0.1, 0.15) is 17.4 Å². The van der Waals surface area contributed by atoms with Gasteiger partial charge in [0, 0.05) is 6.07 Å². The van der Waals surface area contributed by atoms with E-state index in [-0.39, 0.29) is 23.0 Å². The SMILES string of the molecule is COC(=O)[C@@H](N)c1c([N+](=O)[O-])ccc(Cl)c1O.Cl. The number of nitrogens with two attached hydrogens (primary N) is 1. The Morgan fingerprint density at radius 3 is 2.61 bits per heavy atom. The fourth-order valence-corrected chi connectivity index (χ4v) is 1.45. The summed E-state index contributed by atoms with van der Waals surface area (Å²) in [6, 6.07) is 0.724. The van der Waals surface area contributed by atoms with Crippen molar-refractivity contribution in [1.82, 2.24) is 0 Å². The lowest BCUT2D eigenvalue weighted by molar-refractivity contribution is -0.385. The summed E-state index contributed by atoms with van der Waals surface area (Å²) in [5.41, 5.74) is 4.60. The average molecular weight is 297 g/mol. The van der Waals surface area contributed by atoms with Crippen molar-refractivity contribution in [2.75, 3.05) is 7.11 Å². The Balaban J connectivity index is 0.00000289. The molecular formula is C9H10Cl2N2O5. The molecular weight excluding hydrogens is 287 g/mol. The van der Waals surface area contributed by atoms with Crippen LogP contribution in [0, 0.1) is 10.1 Å². The molecule has 0 bridgehead atoms. The fourth-order valence-electron chi connectivity index (χ4n) is 1.28. The van der Waals surface area contributed by atoms with E-state index in [2.05, 4.69) is 4.74 Å². The number of halogens is 2. The molecule has 0 aliphatic carbocycles. The maximum absolute atomic E-state index is 11.2. The van der Waals surface area contributed by atoms with Gasteiger partial charge >= 0.3 is 5.97 Å². The number of carbonyl (C=O) groups is 1. The molecule has 1 atom stereocenters. The Morgan fingerprint density at radius 2 is 2.17 bits per heavy atom. The third-order valence-electron chi connectivity index (χ3n) is 2.11. The zero-order valence-corrected chi connectivity index (χ0v) is 10.7. The minimum atomic E-state index is -1.47. The normalized spacial score (nSPS) is 11.3. The zero-order chi connectivity index (χ0) is 13.2. The van der Waals surface area contributed by atoms with E-state index in [0.717, 1.165) is 19.2 Å². The largest absolute Gasteiger partial charge is 0.506 e. The molecule has 1 aromatic rings. The van der Waals surface area contributed by atoms with Crippen molar-refractivity contribution >= 4 is 35.7 Å². The molecule has 0 aliphatic rings. The molecule has 7 nitrogen and oxygen atoms in total. The minimum absolute atomic E-state index is 0. The van der Waals surface area contributed by atoms with Gasteiger partial charge in [-0.05, 0) is 6.07 Å². The van der Waals surface area contributed by atoms with Gasteiger partial charge in [0.05, 0.1) is 17.1 Å². The number of hydrogen-bond acceptors (Lipinski definition) is 6. The predicted octanol–water partition coefficient (Wildman–Crippen LogP) is 1.55. The highest BCUT2D eigenvalue weighted by Crippen LogP contribution is 2.37. The van der Waals surface area contributed by atoms with E-state index in [1.54, 1.807) is 0 Å². The fraction of sp³-hybridized carbons (Fsp3) is 0.222. The first kappa shape index (κ1) is 16.4. The van der Waals surface area contributed by atoms with Crippen molar-refractivity contribution in [2.45, 2.75) is 6.04 Å². The number of nitro benzene ring substituents is 1. The van der Waals surface area contributed by atoms with Crippen LogP contribution in [0.4, 0.5) is 5.69 Å². The van der Waals surface area contributed by atoms with Gasteiger partial charge in [0.25, 0.3) is 5.69 Å². The summed E-state index contributed by atoms with van der Waals surface area (Å²) in [7, 11) is 1.08. The molecule has 9 heteroatoms. The molecule has 0 radical (unpaired) electrons. The molecule has 1 rings (SSSR count). The Kier molecular flexibility index (Phi) is 5.83. The Bertz CT molecular complexity index is 480. The summed E-state index contributed by atoms with van der Waals surface area (Å²) in [4.78, 5) is 21.2. The number of methoxy groups -OCH3 is 1. The van der Waals surface area contributed by atoms with Crippen LogP contribution in [0.5, 0.6) is 5.75 Å². The second-order valence-corrected chi connectivity index (χ2v) is 3.49. The van der Waals surface area contributed by atoms with Crippen molar-refractivity contribution in [3.05, 3.63) is 32.8 Å². The summed E-state index contributed by atoms with van der Waals surface area (Å²) in [5, 5.41) is 20.2. The predicted molar refractivity (Wildman–Crippen MR) is 66.0 cm³/mol. The molecule has 3 N–H and O–H groups in total. The maximum Gasteiger partial charge on any atom is 0.327 e. The monoisotopic (exact) mass is 296 g/mol. The average Bonchev–Trinajstić information content (AvgIpc) is 2.30. The van der Waals surface area contributed by atoms with Gasteiger partial charge in [0.15, 0.2) is 0 Å². The molecule has 0 fully saturated rings. The first-order chi connectivity index (χ1) is 7.90. The number of rotatable bonds is 3. The van der Waals surface area contributed by atoms with Gasteiger partial charge < -0.3 is 15.6 Å². The van der Waals surface area contributed by atoms with Crippen LogP contribution >= 0.6 is 24.0 Å². The number of nitrogens with zero attached hydrogens (tertiary/aromatic N) is 1. The zero-order valence-electron chi connectivity index (χ0n) is 9.12. The van der Waals surface area contributed by atoms with E-state index >= 15 is 0 Å². The molecule has 0 spiro atoms. The van der Waals surface area contributed by atoms with Crippen LogP contribution in [0.25, 0.3) is 0 Å². The van der Waals surface area contributed by atoms with Crippen LogP contribution in [0.2, 0.25) is 5.02 Å². The maximum atomic E-state index is 11.2. The molecule has 1 aromatic carbocycles. The van der Waals surface area contributed by atoms with Gasteiger partial charge in [0.2, 0.25) is 0 Å². The molecule has 0 unspecified atom stereocenters. The van der Waals surface area contributed by atoms with E-state index in [0.29, 0.717) is 0 Å². The third kappa shape index (κ3) is 3.00. The summed E-state index contributed by atoms with van der Waals surface area (Å²) >= 11 is 5.60. The van der Waals surface area contributed by atoms with Gasteiger partial charge in [-0.15, -0.1) is 12.4 Å². The Hall–Kier alpha value is -1.57. The van der Waals surface area contributed by atoms with Crippen LogP contribution in [0.1, 0.15) is 11.6 Å². The number of ether oxygens (including phenoxy) is 1. The highest BCUT2D eigenvalue weighted by molar-refractivity contribution is 6.32. The van der Waals surface area contributed by atoms with Gasteiger partial charge in [-0.1, -0.05) is 11.6 Å². The van der Waals surface area contributed by atoms with Gasteiger partial charge in [-0.25, -0.2) is 4.79 Å². The molecule has 0 saturated carbocycles. The number of benzene rings is 1. The minimum Gasteiger partial charge on any atom is -0.506 e. The van der Waals surface area contributed by atoms with Crippen molar-refractivity contribution in [1.29, 1.82) is 0 Å². The van der Waals surface area contributed by atoms with Crippen LogP contribution in [-0.2, 0) is 9.53 Å². The van der Waals surface area contributed by atoms with Crippen LogP contribution in [-0.4, -0.2) is 23.1 Å². The van der Waals surface area contributed by atoms with Gasteiger partial charge in [-0.3, -0.25) is 10.1 Å². The molecule has 0 amide bonds. The number of aromatic hydroxyl groups is 1. The van der Waals surface area contributed by atoms with E-state index in [1.807, 2.05) is 0 Å². The summed E-state index contributed by atoms with van der Waals surface area (Å²) in [5.74, 6) is -1.51. The molecule has 0 aromatic heterocycles. The van der Waals surface area contributed by atoms with Crippen LogP contribution in [0.3, 0.4) is 0 Å². The highest BCUT2D eigenvalue weighted by atomic mass is 35.5. The van der Waals surface area contributed by atoms with Crippen molar-refractivity contribution in [3.63, 3.8) is 0 Å². The Labute approximate surface area is 113 Å². The van der Waals surface area contributed by atoms with Crippen LogP contribution in [0.15, 0.2) is 12.1 Å². The number of nitro groups is 1. The summed E-state index contributed by atoms with van der Waals surface area (Å²) in [6.45, 7) is 0. The summed E-state index contributed by atoms with van der Waals surface area (Å²) < 4.78 is 4.36. The molecule has 18 heavy (non-hydrogen) atoms. The second kappa shape index (κ2) is 6.39. The number of hydrogen-bond donors (Lipinski definition) is 2.